The number of hydrogen-bond acceptors (Lipinski definition) is 5. The average Bonchev–Trinajstić information content (AvgIpc) is 2.54. The lowest BCUT2D eigenvalue weighted by Gasteiger charge is -2.17. The molecular formula is C15H10ClIN2O4S. The molecule has 24 heavy (non-hydrogen) atoms. The van der Waals surface area contributed by atoms with E-state index in [-0.39, 0.29) is 17.3 Å². The highest BCUT2D eigenvalue weighted by Gasteiger charge is 2.25. The van der Waals surface area contributed by atoms with Crippen LogP contribution < -0.4 is 5.32 Å². The van der Waals surface area contributed by atoms with E-state index in [9.17, 15) is 13.2 Å². The number of rotatable bonds is 3. The summed E-state index contributed by atoms with van der Waals surface area (Å²) < 4.78 is 33.7. The number of hydrogen-bond donors (Lipinski definition) is 1. The summed E-state index contributed by atoms with van der Waals surface area (Å²) in [6.07, 6.45) is 0. The van der Waals surface area contributed by atoms with Crippen LogP contribution in [0.4, 0.5) is 5.69 Å². The van der Waals surface area contributed by atoms with Crippen LogP contribution in [0.25, 0.3) is 0 Å². The number of sulfonamides is 1. The van der Waals surface area contributed by atoms with Crippen molar-refractivity contribution in [1.29, 1.82) is 0 Å². The van der Waals surface area contributed by atoms with Crippen molar-refractivity contribution in [3.63, 3.8) is 0 Å². The molecule has 1 aliphatic heterocycles. The van der Waals surface area contributed by atoms with Crippen LogP contribution in [-0.2, 0) is 14.8 Å². The molecule has 6 nitrogen and oxygen atoms in total. The smallest absolute Gasteiger partial charge is 0.338 e. The molecule has 0 aliphatic carbocycles. The molecule has 1 N–H and O–H groups in total. The Bertz CT molecular complexity index is 960. The Morgan fingerprint density at radius 2 is 2.00 bits per heavy atom. The van der Waals surface area contributed by atoms with Crippen LogP contribution in [0.15, 0.2) is 51.8 Å². The molecule has 0 bridgehead atoms. The number of nitrogens with one attached hydrogen (secondary N) is 1. The second-order valence-corrected chi connectivity index (χ2v) is 7.98. The van der Waals surface area contributed by atoms with Crippen LogP contribution >= 0.6 is 34.2 Å². The highest BCUT2D eigenvalue weighted by Crippen LogP contribution is 2.26. The normalized spacial score (nSPS) is 15.0. The minimum absolute atomic E-state index is 0.0470. The summed E-state index contributed by atoms with van der Waals surface area (Å²) in [4.78, 5) is 12.1. The maximum Gasteiger partial charge on any atom is 0.338 e. The topological polar surface area (TPSA) is 84.8 Å². The number of amidine groups is 1. The Morgan fingerprint density at radius 3 is 2.75 bits per heavy atom. The molecular weight excluding hydrogens is 467 g/mol. The fraction of sp³-hybridized carbons (Fsp3) is 0.0667. The first-order valence-corrected chi connectivity index (χ1v) is 9.58. The zero-order valence-corrected chi connectivity index (χ0v) is 15.7. The second kappa shape index (κ2) is 6.69. The zero-order valence-electron chi connectivity index (χ0n) is 12.0. The lowest BCUT2D eigenvalue weighted by atomic mass is 10.2. The Kier molecular flexibility index (Phi) is 4.79. The summed E-state index contributed by atoms with van der Waals surface area (Å²) in [5.41, 5.74) is 0.725. The van der Waals surface area contributed by atoms with Gasteiger partial charge in [0.15, 0.2) is 12.4 Å². The van der Waals surface area contributed by atoms with Gasteiger partial charge in [0.05, 0.1) is 16.3 Å². The first-order chi connectivity index (χ1) is 11.4. The van der Waals surface area contributed by atoms with Gasteiger partial charge in [-0.1, -0.05) is 23.7 Å². The van der Waals surface area contributed by atoms with Crippen molar-refractivity contribution < 1.29 is 17.9 Å². The van der Waals surface area contributed by atoms with Crippen LogP contribution in [0, 0.1) is 3.57 Å². The quantitative estimate of drug-likeness (QED) is 0.543. The third-order valence-electron chi connectivity index (χ3n) is 3.17. The van der Waals surface area contributed by atoms with E-state index in [1.807, 2.05) is 22.6 Å². The van der Waals surface area contributed by atoms with E-state index in [1.165, 1.54) is 12.1 Å². The maximum atomic E-state index is 12.1. The van der Waals surface area contributed by atoms with Gasteiger partial charge in [-0.25, -0.2) is 4.79 Å². The molecule has 0 saturated heterocycles. The number of esters is 1. The monoisotopic (exact) mass is 476 g/mol. The van der Waals surface area contributed by atoms with Crippen molar-refractivity contribution in [3.05, 3.63) is 56.6 Å². The lowest BCUT2D eigenvalue weighted by Crippen LogP contribution is -2.27. The summed E-state index contributed by atoms with van der Waals surface area (Å²) in [6.45, 7) is -0.286. The molecule has 0 unspecified atom stereocenters. The minimum atomic E-state index is -3.80. The van der Waals surface area contributed by atoms with Gasteiger partial charge < -0.3 is 10.1 Å². The Morgan fingerprint density at radius 1 is 1.25 bits per heavy atom. The average molecular weight is 477 g/mol. The molecule has 9 heteroatoms. The van der Waals surface area contributed by atoms with E-state index >= 15 is 0 Å². The number of carbonyl (C=O) groups is 1. The highest BCUT2D eigenvalue weighted by molar-refractivity contribution is 14.1. The Hall–Kier alpha value is -1.65. The van der Waals surface area contributed by atoms with E-state index in [2.05, 4.69) is 9.71 Å². The van der Waals surface area contributed by atoms with Crippen LogP contribution in [0.3, 0.4) is 0 Å². The number of fused-ring (bicyclic) bond motifs is 1. The number of anilines is 1. The van der Waals surface area contributed by atoms with Gasteiger partial charge in [0.2, 0.25) is 0 Å². The molecule has 1 aliphatic rings. The van der Waals surface area contributed by atoms with E-state index in [4.69, 9.17) is 16.3 Å². The minimum Gasteiger partial charge on any atom is -0.454 e. The number of carbonyl (C=O) groups excluding carboxylic acids is 1. The number of nitrogens with zero attached hydrogens (tertiary/aromatic N) is 1. The van der Waals surface area contributed by atoms with Crippen molar-refractivity contribution in [2.45, 2.75) is 4.90 Å². The molecule has 124 valence electrons. The largest absolute Gasteiger partial charge is 0.454 e. The molecule has 2 aromatic rings. The van der Waals surface area contributed by atoms with Crippen molar-refractivity contribution in [2.24, 2.45) is 4.40 Å². The summed E-state index contributed by atoms with van der Waals surface area (Å²) in [5, 5.41) is 3.39. The molecule has 0 spiro atoms. The summed E-state index contributed by atoms with van der Waals surface area (Å²) in [7, 11) is -3.80. The van der Waals surface area contributed by atoms with E-state index in [0.29, 0.717) is 19.8 Å². The first kappa shape index (κ1) is 17.2. The van der Waals surface area contributed by atoms with Crippen molar-refractivity contribution in [1.82, 2.24) is 0 Å². The van der Waals surface area contributed by atoms with Gasteiger partial charge in [0, 0.05) is 3.57 Å². The Labute approximate surface area is 157 Å². The number of benzene rings is 2. The van der Waals surface area contributed by atoms with Gasteiger partial charge >= 0.3 is 5.97 Å². The predicted molar refractivity (Wildman–Crippen MR) is 99.1 cm³/mol. The van der Waals surface area contributed by atoms with Crippen molar-refractivity contribution in [2.75, 3.05) is 11.9 Å². The third-order valence-corrected chi connectivity index (χ3v) is 6.08. The summed E-state index contributed by atoms with van der Waals surface area (Å²) >= 11 is 7.91. The summed E-state index contributed by atoms with van der Waals surface area (Å²) in [6, 6.07) is 11.1. The summed E-state index contributed by atoms with van der Waals surface area (Å²) in [5.74, 6) is -0.545. The van der Waals surface area contributed by atoms with E-state index in [0.717, 1.165) is 0 Å². The third kappa shape index (κ3) is 3.55. The van der Waals surface area contributed by atoms with Crippen LogP contribution in [0.1, 0.15) is 10.4 Å². The van der Waals surface area contributed by atoms with Gasteiger partial charge in [0.1, 0.15) is 4.90 Å². The SMILES string of the molecule is O=C(OCC1=NS(=O)(=O)c2ccccc2N1)c1ccc(Cl)c(I)c1. The molecule has 0 aromatic heterocycles. The van der Waals surface area contributed by atoms with Gasteiger partial charge in [-0.2, -0.15) is 8.42 Å². The molecule has 2 aromatic carbocycles. The molecule has 0 atom stereocenters. The van der Waals surface area contributed by atoms with Crippen molar-refractivity contribution in [3.8, 4) is 0 Å². The second-order valence-electron chi connectivity index (χ2n) is 4.84. The van der Waals surface area contributed by atoms with Gasteiger partial charge in [-0.05, 0) is 52.9 Å². The maximum absolute atomic E-state index is 12.1. The molecule has 0 fully saturated rings. The number of ether oxygens (including phenoxy) is 1. The van der Waals surface area contributed by atoms with E-state index < -0.39 is 16.0 Å². The van der Waals surface area contributed by atoms with E-state index in [1.54, 1.807) is 30.3 Å². The highest BCUT2D eigenvalue weighted by atomic mass is 127. The lowest BCUT2D eigenvalue weighted by molar-refractivity contribution is 0.0563. The van der Waals surface area contributed by atoms with Crippen LogP contribution in [0.2, 0.25) is 5.02 Å². The first-order valence-electron chi connectivity index (χ1n) is 6.69. The molecule has 1 heterocycles. The van der Waals surface area contributed by atoms with Crippen molar-refractivity contribution >= 4 is 61.7 Å². The Balaban J connectivity index is 1.75. The zero-order chi connectivity index (χ0) is 17.3. The number of para-hydroxylation sites is 1. The fourth-order valence-electron chi connectivity index (χ4n) is 2.07. The molecule has 3 rings (SSSR count). The fourth-order valence-corrected chi connectivity index (χ4v) is 3.84. The molecule has 0 radical (unpaired) electrons. The molecule has 0 amide bonds. The van der Waals surface area contributed by atoms with Crippen LogP contribution in [0.5, 0.6) is 0 Å². The van der Waals surface area contributed by atoms with Gasteiger partial charge in [-0.15, -0.1) is 4.40 Å². The molecule has 0 saturated carbocycles. The number of halogens is 2. The van der Waals surface area contributed by atoms with Crippen LogP contribution in [-0.4, -0.2) is 26.8 Å². The standard InChI is InChI=1S/C15H10ClIN2O4S/c16-10-6-5-9(7-11(10)17)15(20)23-8-14-18-12-3-1-2-4-13(12)24(21,22)19-14/h1-7H,8H2,(H,18,19). The van der Waals surface area contributed by atoms with Gasteiger partial charge in [0.25, 0.3) is 10.0 Å². The van der Waals surface area contributed by atoms with Gasteiger partial charge in [-0.3, -0.25) is 0 Å². The predicted octanol–water partition coefficient (Wildman–Crippen LogP) is 3.31.